The van der Waals surface area contributed by atoms with Crippen LogP contribution in [0, 0.1) is 15.4 Å². The van der Waals surface area contributed by atoms with Crippen molar-refractivity contribution in [3.05, 3.63) is 33.4 Å². The Morgan fingerprint density at radius 3 is 2.58 bits per heavy atom. The number of hydrogen-bond acceptors (Lipinski definition) is 3. The average molecular weight is 445 g/mol. The number of ether oxygens (including phenoxy) is 2. The molecule has 2 rings (SSSR count). The van der Waals surface area contributed by atoms with Crippen LogP contribution in [0.15, 0.2) is 24.3 Å². The van der Waals surface area contributed by atoms with E-state index >= 15 is 0 Å². The molecule has 0 heterocycles. The molecule has 2 N–H and O–H groups in total. The van der Waals surface area contributed by atoms with E-state index in [1.165, 1.54) is 9.13 Å². The lowest BCUT2D eigenvalue weighted by atomic mass is 9.68. The van der Waals surface area contributed by atoms with Gasteiger partial charge in [-0.25, -0.2) is 4.79 Å². The van der Waals surface area contributed by atoms with E-state index in [2.05, 4.69) is 54.6 Å². The maximum atomic E-state index is 11.4. The maximum Gasteiger partial charge on any atom is 0.404 e. The van der Waals surface area contributed by atoms with E-state index in [0.717, 1.165) is 32.1 Å². The van der Waals surface area contributed by atoms with Crippen LogP contribution in [0.1, 0.15) is 51.5 Å². The van der Waals surface area contributed by atoms with E-state index in [0.29, 0.717) is 5.92 Å². The first-order valence-electron chi connectivity index (χ1n) is 8.67. The zero-order valence-corrected chi connectivity index (χ0v) is 16.9. The number of nitrogens with two attached hydrogens (primary N) is 1. The largest absolute Gasteiger partial charge is 0.446 e. The van der Waals surface area contributed by atoms with Crippen LogP contribution in [0.3, 0.4) is 0 Å². The Hall–Kier alpha value is -0.820. The normalized spacial score (nSPS) is 23.7. The molecular formula is C19H28INO3. The summed E-state index contributed by atoms with van der Waals surface area (Å²) in [6, 6.07) is 8.35. The zero-order chi connectivity index (χ0) is 17.7. The molecule has 0 radical (unpaired) electrons. The van der Waals surface area contributed by atoms with Gasteiger partial charge in [0, 0.05) is 16.6 Å². The number of rotatable bonds is 6. The molecule has 1 aliphatic rings. The van der Waals surface area contributed by atoms with Gasteiger partial charge in [-0.2, -0.15) is 0 Å². The zero-order valence-electron chi connectivity index (χ0n) is 14.8. The molecule has 1 aromatic rings. The predicted octanol–water partition coefficient (Wildman–Crippen LogP) is 4.83. The molecule has 3 atom stereocenters. The summed E-state index contributed by atoms with van der Waals surface area (Å²) >= 11 is 2.37. The van der Waals surface area contributed by atoms with Gasteiger partial charge in [-0.15, -0.1) is 0 Å². The Balaban J connectivity index is 2.51. The summed E-state index contributed by atoms with van der Waals surface area (Å²) in [5.74, 6) is 0.569. The molecule has 1 fully saturated rings. The number of hydrogen-bond donors (Lipinski definition) is 1. The van der Waals surface area contributed by atoms with Gasteiger partial charge in [0.15, 0.2) is 0 Å². The highest BCUT2D eigenvalue weighted by molar-refractivity contribution is 14.1. The SMILES string of the molecule is CO[C@](CC(C)C)(c1ccccc1I)[C@H]1CCCCC1OC(N)=O. The van der Waals surface area contributed by atoms with Crippen molar-refractivity contribution in [2.24, 2.45) is 17.6 Å². The van der Waals surface area contributed by atoms with Crippen LogP contribution in [-0.4, -0.2) is 19.3 Å². The first-order chi connectivity index (χ1) is 11.4. The Morgan fingerprint density at radius 2 is 2.00 bits per heavy atom. The minimum atomic E-state index is -0.691. The number of carbonyl (C=O) groups is 1. The fourth-order valence-corrected chi connectivity index (χ4v) is 4.98. The van der Waals surface area contributed by atoms with Crippen molar-refractivity contribution in [1.29, 1.82) is 0 Å². The molecule has 1 unspecified atom stereocenters. The van der Waals surface area contributed by atoms with Gasteiger partial charge in [-0.1, -0.05) is 38.5 Å². The summed E-state index contributed by atoms with van der Waals surface area (Å²) in [6.45, 7) is 4.41. The Bertz CT molecular complexity index is 563. The highest BCUT2D eigenvalue weighted by atomic mass is 127. The van der Waals surface area contributed by atoms with Crippen LogP contribution in [0.25, 0.3) is 0 Å². The average Bonchev–Trinajstić information content (AvgIpc) is 2.53. The molecule has 1 saturated carbocycles. The third kappa shape index (κ3) is 4.23. The first-order valence-corrected chi connectivity index (χ1v) is 9.75. The van der Waals surface area contributed by atoms with Gasteiger partial charge in [0.2, 0.25) is 0 Å². The van der Waals surface area contributed by atoms with Crippen LogP contribution in [0.5, 0.6) is 0 Å². The number of primary amides is 1. The number of amides is 1. The van der Waals surface area contributed by atoms with E-state index in [9.17, 15) is 4.79 Å². The topological polar surface area (TPSA) is 61.6 Å². The van der Waals surface area contributed by atoms with Gasteiger partial charge in [0.05, 0.1) is 0 Å². The quantitative estimate of drug-likeness (QED) is 0.638. The van der Waals surface area contributed by atoms with Crippen molar-refractivity contribution >= 4 is 28.7 Å². The first kappa shape index (κ1) is 19.5. The van der Waals surface area contributed by atoms with Crippen LogP contribution in [0.2, 0.25) is 0 Å². The highest BCUT2D eigenvalue weighted by Gasteiger charge is 2.48. The molecule has 1 aromatic carbocycles. The molecule has 1 amide bonds. The van der Waals surface area contributed by atoms with E-state index in [1.807, 2.05) is 6.07 Å². The molecule has 0 aromatic heterocycles. The monoisotopic (exact) mass is 445 g/mol. The molecule has 134 valence electrons. The molecular weight excluding hydrogens is 417 g/mol. The lowest BCUT2D eigenvalue weighted by molar-refractivity contribution is -0.129. The molecule has 0 spiro atoms. The van der Waals surface area contributed by atoms with Crippen molar-refractivity contribution in [2.75, 3.05) is 7.11 Å². The smallest absolute Gasteiger partial charge is 0.404 e. The molecule has 5 heteroatoms. The van der Waals surface area contributed by atoms with E-state index in [1.54, 1.807) is 7.11 Å². The van der Waals surface area contributed by atoms with Gasteiger partial charge in [-0.3, -0.25) is 0 Å². The minimum Gasteiger partial charge on any atom is -0.446 e. The lowest BCUT2D eigenvalue weighted by Gasteiger charge is -2.46. The summed E-state index contributed by atoms with van der Waals surface area (Å²) in [7, 11) is 1.78. The molecule has 0 saturated heterocycles. The van der Waals surface area contributed by atoms with E-state index in [4.69, 9.17) is 15.2 Å². The van der Waals surface area contributed by atoms with E-state index < -0.39 is 11.7 Å². The van der Waals surface area contributed by atoms with Crippen molar-refractivity contribution in [2.45, 2.75) is 57.7 Å². The summed E-state index contributed by atoms with van der Waals surface area (Å²) in [5, 5.41) is 0. The van der Waals surface area contributed by atoms with Crippen LogP contribution in [-0.2, 0) is 15.1 Å². The van der Waals surface area contributed by atoms with Gasteiger partial charge in [-0.05, 0) is 65.8 Å². The van der Waals surface area contributed by atoms with Gasteiger partial charge >= 0.3 is 6.09 Å². The van der Waals surface area contributed by atoms with Crippen LogP contribution < -0.4 is 5.73 Å². The molecule has 1 aliphatic carbocycles. The van der Waals surface area contributed by atoms with E-state index in [-0.39, 0.29) is 12.0 Å². The molecule has 0 aliphatic heterocycles. The van der Waals surface area contributed by atoms with Crippen LogP contribution in [0.4, 0.5) is 4.79 Å². The number of halogens is 1. The molecule has 4 nitrogen and oxygen atoms in total. The van der Waals surface area contributed by atoms with Crippen molar-refractivity contribution in [1.82, 2.24) is 0 Å². The highest BCUT2D eigenvalue weighted by Crippen LogP contribution is 2.48. The maximum absolute atomic E-state index is 11.4. The third-order valence-electron chi connectivity index (χ3n) is 4.97. The number of methoxy groups -OCH3 is 1. The molecule has 24 heavy (non-hydrogen) atoms. The predicted molar refractivity (Wildman–Crippen MR) is 104 cm³/mol. The molecule has 0 bridgehead atoms. The van der Waals surface area contributed by atoms with Crippen molar-refractivity contribution < 1.29 is 14.3 Å². The van der Waals surface area contributed by atoms with Crippen molar-refractivity contribution in [3.63, 3.8) is 0 Å². The summed E-state index contributed by atoms with van der Waals surface area (Å²) in [6.07, 6.45) is 4.00. The second-order valence-electron chi connectivity index (χ2n) is 7.04. The summed E-state index contributed by atoms with van der Waals surface area (Å²) in [5.41, 5.74) is 6.06. The standard InChI is InChI=1S/C19H28INO3/c1-13(2)12-19(23-3,14-8-4-6-10-16(14)20)15-9-5-7-11-17(15)24-18(21)22/h4,6,8,10,13,15,17H,5,7,9,11-12H2,1-3H3,(H2,21,22)/t15-,17?,19+/m0/s1. The van der Waals surface area contributed by atoms with Crippen LogP contribution >= 0.6 is 22.6 Å². The number of benzene rings is 1. The lowest BCUT2D eigenvalue weighted by Crippen LogP contribution is -2.48. The van der Waals surface area contributed by atoms with Gasteiger partial charge in [0.1, 0.15) is 11.7 Å². The van der Waals surface area contributed by atoms with Gasteiger partial charge < -0.3 is 15.2 Å². The van der Waals surface area contributed by atoms with Crippen molar-refractivity contribution in [3.8, 4) is 0 Å². The fourth-order valence-electron chi connectivity index (χ4n) is 4.14. The fraction of sp³-hybridized carbons (Fsp3) is 0.632. The Kier molecular flexibility index (Phi) is 6.92. The second-order valence-corrected chi connectivity index (χ2v) is 8.20. The number of carbonyl (C=O) groups excluding carboxylic acids is 1. The summed E-state index contributed by atoms with van der Waals surface area (Å²) in [4.78, 5) is 11.4. The van der Waals surface area contributed by atoms with Gasteiger partial charge in [0.25, 0.3) is 0 Å². The Morgan fingerprint density at radius 1 is 1.33 bits per heavy atom. The minimum absolute atomic E-state index is 0.113. The Labute approximate surface area is 158 Å². The third-order valence-corrected chi connectivity index (χ3v) is 5.92. The second kappa shape index (κ2) is 8.52. The summed E-state index contributed by atoms with van der Waals surface area (Å²) < 4.78 is 12.9.